The summed E-state index contributed by atoms with van der Waals surface area (Å²) >= 11 is 0. The maximum Gasteiger partial charge on any atom is 0.274 e. The quantitative estimate of drug-likeness (QED) is 0.547. The highest BCUT2D eigenvalue weighted by Crippen LogP contribution is 2.07. The molecular formula is C16H15N2+. The van der Waals surface area contributed by atoms with Crippen molar-refractivity contribution in [2.75, 3.05) is 11.9 Å². The van der Waals surface area contributed by atoms with Gasteiger partial charge in [-0.15, -0.1) is 0 Å². The zero-order valence-corrected chi connectivity index (χ0v) is 10.2. The van der Waals surface area contributed by atoms with E-state index in [-0.39, 0.29) is 0 Å². The van der Waals surface area contributed by atoms with E-state index in [0.717, 1.165) is 24.2 Å². The van der Waals surface area contributed by atoms with Gasteiger partial charge in [-0.05, 0) is 18.2 Å². The maximum atomic E-state index is 3.38. The fourth-order valence-corrected chi connectivity index (χ4v) is 2.10. The number of anilines is 1. The minimum atomic E-state index is 1.05. The molecule has 88 valence electrons. The van der Waals surface area contributed by atoms with Crippen molar-refractivity contribution < 1.29 is 4.57 Å². The number of hydrogen-bond donors (Lipinski definition) is 1. The molecule has 3 rings (SSSR count). The van der Waals surface area contributed by atoms with Crippen LogP contribution in [0.2, 0.25) is 0 Å². The van der Waals surface area contributed by atoms with Crippen molar-refractivity contribution in [3.63, 3.8) is 0 Å². The van der Waals surface area contributed by atoms with E-state index in [1.54, 1.807) is 0 Å². The molecule has 0 aliphatic carbocycles. The van der Waals surface area contributed by atoms with Gasteiger partial charge in [-0.2, -0.15) is 0 Å². The van der Waals surface area contributed by atoms with E-state index < -0.39 is 0 Å². The van der Waals surface area contributed by atoms with Crippen molar-refractivity contribution in [1.29, 1.82) is 0 Å². The van der Waals surface area contributed by atoms with Gasteiger partial charge in [0.2, 0.25) is 0 Å². The Morgan fingerprint density at radius 1 is 0.944 bits per heavy atom. The standard InChI is InChI=1S/C16H14N2/c1-2-5-14(6-3-1)7-8-15-9-10-16-17-11-4-12-18(16)13-15/h1-3,5-6,9-10,13H,4,11-12H2/p+1. The molecule has 2 heteroatoms. The Bertz CT molecular complexity index is 606. The van der Waals surface area contributed by atoms with Gasteiger partial charge < -0.3 is 0 Å². The third-order valence-corrected chi connectivity index (χ3v) is 3.03. The van der Waals surface area contributed by atoms with E-state index in [0.29, 0.717) is 0 Å². The summed E-state index contributed by atoms with van der Waals surface area (Å²) < 4.78 is 2.23. The second-order valence-corrected chi connectivity index (χ2v) is 4.39. The van der Waals surface area contributed by atoms with Crippen LogP contribution in [0.5, 0.6) is 0 Å². The predicted octanol–water partition coefficient (Wildman–Crippen LogP) is 2.19. The van der Waals surface area contributed by atoms with Crippen LogP contribution in [-0.4, -0.2) is 6.54 Å². The summed E-state index contributed by atoms with van der Waals surface area (Å²) in [5, 5.41) is 3.38. The first-order chi connectivity index (χ1) is 8.92. The largest absolute Gasteiger partial charge is 0.274 e. The lowest BCUT2D eigenvalue weighted by Gasteiger charge is -2.11. The van der Waals surface area contributed by atoms with E-state index >= 15 is 0 Å². The number of nitrogens with one attached hydrogen (secondary N) is 1. The Hall–Kier alpha value is -2.27. The molecule has 1 aromatic carbocycles. The Morgan fingerprint density at radius 2 is 1.78 bits per heavy atom. The molecule has 0 saturated heterocycles. The Balaban J connectivity index is 1.88. The Morgan fingerprint density at radius 3 is 2.67 bits per heavy atom. The second-order valence-electron chi connectivity index (χ2n) is 4.39. The van der Waals surface area contributed by atoms with Crippen molar-refractivity contribution in [3.05, 3.63) is 59.8 Å². The van der Waals surface area contributed by atoms with Gasteiger partial charge in [0.15, 0.2) is 0 Å². The number of rotatable bonds is 0. The van der Waals surface area contributed by atoms with Crippen LogP contribution in [0.1, 0.15) is 17.5 Å². The molecular weight excluding hydrogens is 220 g/mol. The molecule has 2 aromatic rings. The van der Waals surface area contributed by atoms with Crippen LogP contribution in [0.25, 0.3) is 0 Å². The van der Waals surface area contributed by atoms with Gasteiger partial charge in [0.1, 0.15) is 6.20 Å². The highest BCUT2D eigenvalue weighted by atomic mass is 15.1. The molecule has 2 nitrogen and oxygen atoms in total. The third kappa shape index (κ3) is 2.36. The fourth-order valence-electron chi connectivity index (χ4n) is 2.10. The average Bonchev–Trinajstić information content (AvgIpc) is 2.46. The number of aromatic nitrogens is 1. The third-order valence-electron chi connectivity index (χ3n) is 3.03. The van der Waals surface area contributed by atoms with E-state index in [1.165, 1.54) is 12.2 Å². The number of aryl methyl sites for hydroxylation is 1. The molecule has 1 aliphatic rings. The average molecular weight is 235 g/mol. The van der Waals surface area contributed by atoms with Gasteiger partial charge in [-0.25, -0.2) is 4.57 Å². The summed E-state index contributed by atoms with van der Waals surface area (Å²) in [6.07, 6.45) is 3.30. The lowest BCUT2D eigenvalue weighted by molar-refractivity contribution is -0.686. The first-order valence-electron chi connectivity index (χ1n) is 6.26. The molecule has 0 atom stereocenters. The van der Waals surface area contributed by atoms with Crippen LogP contribution >= 0.6 is 0 Å². The Labute approximate surface area is 107 Å². The van der Waals surface area contributed by atoms with Crippen molar-refractivity contribution in [2.24, 2.45) is 0 Å². The zero-order chi connectivity index (χ0) is 12.2. The van der Waals surface area contributed by atoms with E-state index in [9.17, 15) is 0 Å². The van der Waals surface area contributed by atoms with Gasteiger partial charge in [0.05, 0.1) is 18.7 Å². The molecule has 0 fully saturated rings. The summed E-state index contributed by atoms with van der Waals surface area (Å²) in [4.78, 5) is 0. The van der Waals surface area contributed by atoms with Gasteiger partial charge in [-0.3, -0.25) is 5.32 Å². The van der Waals surface area contributed by atoms with Gasteiger partial charge in [0.25, 0.3) is 5.82 Å². The smallest absolute Gasteiger partial charge is 0.274 e. The van der Waals surface area contributed by atoms with Crippen molar-refractivity contribution >= 4 is 5.82 Å². The molecule has 1 aliphatic heterocycles. The highest BCUT2D eigenvalue weighted by molar-refractivity contribution is 5.43. The summed E-state index contributed by atoms with van der Waals surface area (Å²) in [5.41, 5.74) is 2.12. The van der Waals surface area contributed by atoms with Crippen molar-refractivity contribution in [2.45, 2.75) is 13.0 Å². The number of fused-ring (bicyclic) bond motifs is 1. The summed E-state index contributed by atoms with van der Waals surface area (Å²) in [6, 6.07) is 14.3. The molecule has 2 heterocycles. The topological polar surface area (TPSA) is 15.9 Å². The van der Waals surface area contributed by atoms with Crippen molar-refractivity contribution in [3.8, 4) is 11.8 Å². The minimum Gasteiger partial charge on any atom is -0.274 e. The highest BCUT2D eigenvalue weighted by Gasteiger charge is 2.13. The zero-order valence-electron chi connectivity index (χ0n) is 10.2. The first-order valence-corrected chi connectivity index (χ1v) is 6.26. The molecule has 0 saturated carbocycles. The van der Waals surface area contributed by atoms with Gasteiger partial charge in [-0.1, -0.05) is 30.0 Å². The first kappa shape index (κ1) is 10.9. The number of nitrogens with zero attached hydrogens (tertiary/aromatic N) is 1. The molecule has 0 unspecified atom stereocenters. The SMILES string of the molecule is C(#Cc1ccc2[n+](c1)CCCN2)c1ccccc1. The van der Waals surface area contributed by atoms with Crippen LogP contribution in [0.15, 0.2) is 48.7 Å². The molecule has 0 spiro atoms. The van der Waals surface area contributed by atoms with Crippen LogP contribution in [0, 0.1) is 11.8 Å². The van der Waals surface area contributed by atoms with E-state index in [2.05, 4.69) is 40.1 Å². The van der Waals surface area contributed by atoms with E-state index in [4.69, 9.17) is 0 Å². The monoisotopic (exact) mass is 235 g/mol. The predicted molar refractivity (Wildman–Crippen MR) is 72.2 cm³/mol. The Kier molecular flexibility index (Phi) is 2.97. The minimum absolute atomic E-state index is 1.05. The molecule has 0 bridgehead atoms. The molecule has 1 N–H and O–H groups in total. The van der Waals surface area contributed by atoms with Crippen LogP contribution < -0.4 is 9.88 Å². The van der Waals surface area contributed by atoms with E-state index in [1.807, 2.05) is 30.3 Å². The molecule has 0 radical (unpaired) electrons. The fraction of sp³-hybridized carbons (Fsp3) is 0.188. The molecule has 18 heavy (non-hydrogen) atoms. The number of pyridine rings is 1. The number of benzene rings is 1. The second kappa shape index (κ2) is 4.93. The van der Waals surface area contributed by atoms with Crippen LogP contribution in [-0.2, 0) is 6.54 Å². The lowest BCUT2D eigenvalue weighted by atomic mass is 10.2. The number of hydrogen-bond acceptors (Lipinski definition) is 1. The molecule has 0 amide bonds. The van der Waals surface area contributed by atoms with Gasteiger partial charge in [0, 0.05) is 18.1 Å². The maximum absolute atomic E-state index is 3.38. The van der Waals surface area contributed by atoms with Crippen molar-refractivity contribution in [1.82, 2.24) is 0 Å². The van der Waals surface area contributed by atoms with Crippen LogP contribution in [0.4, 0.5) is 5.82 Å². The van der Waals surface area contributed by atoms with Gasteiger partial charge >= 0.3 is 0 Å². The van der Waals surface area contributed by atoms with Crippen LogP contribution in [0.3, 0.4) is 0 Å². The summed E-state index contributed by atoms with van der Waals surface area (Å²) in [7, 11) is 0. The molecule has 1 aromatic heterocycles. The lowest BCUT2D eigenvalue weighted by Crippen LogP contribution is -2.42. The summed E-state index contributed by atoms with van der Waals surface area (Å²) in [5.74, 6) is 7.58. The summed E-state index contributed by atoms with van der Waals surface area (Å²) in [6.45, 7) is 2.14. The normalized spacial score (nSPS) is 12.9.